The molecule has 1 N–H and O–H groups in total. The Labute approximate surface area is 105 Å². The van der Waals surface area contributed by atoms with E-state index < -0.39 is 10.8 Å². The van der Waals surface area contributed by atoms with E-state index in [-0.39, 0.29) is 17.2 Å². The summed E-state index contributed by atoms with van der Waals surface area (Å²) in [7, 11) is 0. The molecule has 1 aromatic rings. The topological polar surface area (TPSA) is 84.6 Å². The number of hydrogen-bond donors (Lipinski definition) is 1. The third kappa shape index (κ3) is 3.65. The molecule has 0 aliphatic carbocycles. The molecule has 0 aliphatic rings. The van der Waals surface area contributed by atoms with Gasteiger partial charge in [-0.3, -0.25) is 14.9 Å². The molecule has 18 heavy (non-hydrogen) atoms. The average molecular weight is 249 g/mol. The molecule has 1 amide bonds. The molecule has 0 aliphatic heterocycles. The van der Waals surface area contributed by atoms with E-state index in [4.69, 9.17) is 0 Å². The van der Waals surface area contributed by atoms with Crippen LogP contribution in [0.5, 0.6) is 0 Å². The monoisotopic (exact) mass is 249 g/mol. The molecule has 1 aromatic carbocycles. The minimum Gasteiger partial charge on any atom is -0.267 e. The first-order valence-electron chi connectivity index (χ1n) is 5.50. The zero-order valence-corrected chi connectivity index (χ0v) is 10.5. The van der Waals surface area contributed by atoms with Crippen LogP contribution in [0.3, 0.4) is 0 Å². The van der Waals surface area contributed by atoms with E-state index in [2.05, 4.69) is 10.5 Å². The molecule has 0 unspecified atom stereocenters. The lowest BCUT2D eigenvalue weighted by Gasteiger charge is -2.02. The number of hydrazone groups is 1. The van der Waals surface area contributed by atoms with E-state index in [1.54, 1.807) is 19.2 Å². The largest absolute Gasteiger partial charge is 0.273 e. The molecule has 0 bridgehead atoms. The summed E-state index contributed by atoms with van der Waals surface area (Å²) in [5, 5.41) is 14.5. The van der Waals surface area contributed by atoms with E-state index in [0.29, 0.717) is 5.56 Å². The van der Waals surface area contributed by atoms with Gasteiger partial charge >= 0.3 is 0 Å². The molecule has 6 heteroatoms. The van der Waals surface area contributed by atoms with Gasteiger partial charge in [-0.2, -0.15) is 5.10 Å². The standard InChI is InChI=1S/C12H15N3O3/c1-8(2)7-13-14-12(16)10-5-4-9(3)11(6-10)15(17)18/h4-8H,1-3H3,(H,14,16)/b13-7+. The molecular weight excluding hydrogens is 234 g/mol. The Balaban J connectivity index is 2.87. The van der Waals surface area contributed by atoms with Crippen molar-refractivity contribution in [2.24, 2.45) is 11.0 Å². The number of nitrogens with zero attached hydrogens (tertiary/aromatic N) is 2. The van der Waals surface area contributed by atoms with Crippen molar-refractivity contribution >= 4 is 17.8 Å². The van der Waals surface area contributed by atoms with Crippen molar-refractivity contribution in [3.63, 3.8) is 0 Å². The summed E-state index contributed by atoms with van der Waals surface area (Å²) in [5.74, 6) is -0.243. The number of benzene rings is 1. The maximum atomic E-state index is 11.7. The molecule has 0 fully saturated rings. The lowest BCUT2D eigenvalue weighted by Crippen LogP contribution is -2.18. The van der Waals surface area contributed by atoms with E-state index in [9.17, 15) is 14.9 Å². The van der Waals surface area contributed by atoms with Gasteiger partial charge in [0.1, 0.15) is 0 Å². The third-order valence-corrected chi connectivity index (χ3v) is 2.21. The molecule has 0 aromatic heterocycles. The number of aryl methyl sites for hydroxylation is 1. The first-order valence-corrected chi connectivity index (χ1v) is 5.50. The van der Waals surface area contributed by atoms with Crippen LogP contribution in [0.15, 0.2) is 23.3 Å². The normalized spacial score (nSPS) is 10.9. The SMILES string of the molecule is Cc1ccc(C(=O)N/N=C/C(C)C)cc1[N+](=O)[O-]. The highest BCUT2D eigenvalue weighted by molar-refractivity contribution is 5.95. The summed E-state index contributed by atoms with van der Waals surface area (Å²) in [6.45, 7) is 5.47. The number of carbonyl (C=O) groups is 1. The number of carbonyl (C=O) groups excluding carboxylic acids is 1. The van der Waals surface area contributed by atoms with Crippen LogP contribution in [-0.4, -0.2) is 17.0 Å². The van der Waals surface area contributed by atoms with Crippen LogP contribution in [-0.2, 0) is 0 Å². The van der Waals surface area contributed by atoms with Crippen molar-refractivity contribution in [3.05, 3.63) is 39.4 Å². The summed E-state index contributed by atoms with van der Waals surface area (Å²) >= 11 is 0. The van der Waals surface area contributed by atoms with Crippen molar-refractivity contribution in [2.75, 3.05) is 0 Å². The predicted octanol–water partition coefficient (Wildman–Crippen LogP) is 2.27. The summed E-state index contributed by atoms with van der Waals surface area (Å²) in [6.07, 6.45) is 1.58. The molecule has 6 nitrogen and oxygen atoms in total. The number of nitrogens with one attached hydrogen (secondary N) is 1. The van der Waals surface area contributed by atoms with Gasteiger partial charge in [0.25, 0.3) is 11.6 Å². The van der Waals surface area contributed by atoms with Gasteiger partial charge in [-0.1, -0.05) is 19.9 Å². The smallest absolute Gasteiger partial charge is 0.267 e. The predicted molar refractivity (Wildman–Crippen MR) is 68.6 cm³/mol. The van der Waals surface area contributed by atoms with Crippen molar-refractivity contribution in [1.29, 1.82) is 0 Å². The molecule has 1 rings (SSSR count). The van der Waals surface area contributed by atoms with E-state index in [0.717, 1.165) is 0 Å². The van der Waals surface area contributed by atoms with Gasteiger partial charge in [0.2, 0.25) is 0 Å². The van der Waals surface area contributed by atoms with Gasteiger partial charge in [-0.25, -0.2) is 5.43 Å². The maximum absolute atomic E-state index is 11.7. The summed E-state index contributed by atoms with van der Waals surface area (Å²) in [6, 6.07) is 4.32. The van der Waals surface area contributed by atoms with Crippen LogP contribution < -0.4 is 5.43 Å². The molecule has 96 valence electrons. The highest BCUT2D eigenvalue weighted by Gasteiger charge is 2.14. The van der Waals surface area contributed by atoms with E-state index in [1.165, 1.54) is 12.1 Å². The van der Waals surface area contributed by atoms with Crippen LogP contribution in [0, 0.1) is 23.0 Å². The van der Waals surface area contributed by atoms with Crippen LogP contribution >= 0.6 is 0 Å². The van der Waals surface area contributed by atoms with Gasteiger partial charge in [-0.05, 0) is 18.9 Å². The average Bonchev–Trinajstić information content (AvgIpc) is 2.28. The first-order chi connectivity index (χ1) is 8.41. The third-order valence-electron chi connectivity index (χ3n) is 2.21. The van der Waals surface area contributed by atoms with Crippen LogP contribution in [0.4, 0.5) is 5.69 Å². The van der Waals surface area contributed by atoms with Crippen LogP contribution in [0.2, 0.25) is 0 Å². The first kappa shape index (κ1) is 13.8. The Morgan fingerprint density at radius 1 is 1.50 bits per heavy atom. The minimum absolute atomic E-state index is 0.0736. The molecule has 0 saturated heterocycles. The van der Waals surface area contributed by atoms with E-state index >= 15 is 0 Å². The molecule has 0 atom stereocenters. The molecule has 0 heterocycles. The van der Waals surface area contributed by atoms with Crippen LogP contribution in [0.1, 0.15) is 29.8 Å². The van der Waals surface area contributed by atoms with E-state index in [1.807, 2.05) is 13.8 Å². The van der Waals surface area contributed by atoms with Gasteiger partial charge in [-0.15, -0.1) is 0 Å². The molecule has 0 saturated carbocycles. The summed E-state index contributed by atoms with van der Waals surface area (Å²) in [4.78, 5) is 21.9. The van der Waals surface area contributed by atoms with Crippen molar-refractivity contribution in [2.45, 2.75) is 20.8 Å². The lowest BCUT2D eigenvalue weighted by atomic mass is 10.1. The Morgan fingerprint density at radius 2 is 2.17 bits per heavy atom. The fourth-order valence-electron chi connectivity index (χ4n) is 1.26. The molecule has 0 spiro atoms. The second-order valence-electron chi connectivity index (χ2n) is 4.22. The summed E-state index contributed by atoms with van der Waals surface area (Å²) in [5.41, 5.74) is 2.98. The van der Waals surface area contributed by atoms with Crippen molar-refractivity contribution in [1.82, 2.24) is 5.43 Å². The fourth-order valence-corrected chi connectivity index (χ4v) is 1.26. The lowest BCUT2D eigenvalue weighted by molar-refractivity contribution is -0.385. The van der Waals surface area contributed by atoms with Gasteiger partial charge in [0, 0.05) is 23.4 Å². The molecule has 0 radical (unpaired) electrons. The van der Waals surface area contributed by atoms with Crippen LogP contribution in [0.25, 0.3) is 0 Å². The number of nitro groups is 1. The Kier molecular flexibility index (Phi) is 4.53. The second kappa shape index (κ2) is 5.90. The Hall–Kier alpha value is -2.24. The zero-order valence-electron chi connectivity index (χ0n) is 10.5. The van der Waals surface area contributed by atoms with Crippen molar-refractivity contribution < 1.29 is 9.72 Å². The highest BCUT2D eigenvalue weighted by Crippen LogP contribution is 2.19. The van der Waals surface area contributed by atoms with Crippen molar-refractivity contribution in [3.8, 4) is 0 Å². The fraction of sp³-hybridized carbons (Fsp3) is 0.333. The molecular formula is C12H15N3O3. The Morgan fingerprint density at radius 3 is 2.72 bits per heavy atom. The number of amides is 1. The number of hydrogen-bond acceptors (Lipinski definition) is 4. The number of rotatable bonds is 4. The maximum Gasteiger partial charge on any atom is 0.273 e. The summed E-state index contributed by atoms with van der Waals surface area (Å²) < 4.78 is 0. The Bertz CT molecular complexity index is 495. The van der Waals surface area contributed by atoms with Gasteiger partial charge < -0.3 is 0 Å². The highest BCUT2D eigenvalue weighted by atomic mass is 16.6. The zero-order chi connectivity index (χ0) is 13.7. The minimum atomic E-state index is -0.510. The number of nitro benzene ring substituents is 1. The van der Waals surface area contributed by atoms with Gasteiger partial charge in [0.05, 0.1) is 4.92 Å². The quantitative estimate of drug-likeness (QED) is 0.504. The second-order valence-corrected chi connectivity index (χ2v) is 4.22. The van der Waals surface area contributed by atoms with Gasteiger partial charge in [0.15, 0.2) is 0 Å².